The van der Waals surface area contributed by atoms with Crippen LogP contribution in [0.1, 0.15) is 24.8 Å². The van der Waals surface area contributed by atoms with E-state index in [1.807, 2.05) is 24.3 Å². The molecule has 1 fully saturated rings. The summed E-state index contributed by atoms with van der Waals surface area (Å²) < 4.78 is 6.02. The lowest BCUT2D eigenvalue weighted by atomic mass is 9.87. The number of anilines is 1. The number of aliphatic hydroxyl groups is 1. The van der Waals surface area contributed by atoms with Gasteiger partial charge < -0.3 is 15.2 Å². The number of amidine groups is 1. The first-order valence-electron chi connectivity index (χ1n) is 6.65. The highest BCUT2D eigenvalue weighted by Gasteiger charge is 2.50. The van der Waals surface area contributed by atoms with E-state index in [-0.39, 0.29) is 0 Å². The van der Waals surface area contributed by atoms with Gasteiger partial charge in [-0.3, -0.25) is 0 Å². The summed E-state index contributed by atoms with van der Waals surface area (Å²) in [5.41, 5.74) is 1.36. The maximum absolute atomic E-state index is 10.4. The quantitative estimate of drug-likeness (QED) is 0.801. The summed E-state index contributed by atoms with van der Waals surface area (Å²) in [5, 5.41) is 13.5. The van der Waals surface area contributed by atoms with E-state index in [1.54, 1.807) is 6.08 Å². The third-order valence-electron chi connectivity index (χ3n) is 3.83. The van der Waals surface area contributed by atoms with Crippen molar-refractivity contribution in [3.8, 4) is 0 Å². The molecule has 4 heteroatoms. The largest absolute Gasteiger partial charge is 0.451 e. The van der Waals surface area contributed by atoms with Gasteiger partial charge in [-0.25, -0.2) is 4.99 Å². The molecule has 0 amide bonds. The number of nitrogens with one attached hydrogen (secondary N) is 1. The molecule has 19 heavy (non-hydrogen) atoms. The Morgan fingerprint density at radius 3 is 3.11 bits per heavy atom. The number of fused-ring (bicyclic) bond motifs is 2. The van der Waals surface area contributed by atoms with E-state index in [1.165, 1.54) is 0 Å². The normalized spacial score (nSPS) is 30.8. The van der Waals surface area contributed by atoms with Crippen molar-refractivity contribution in [2.75, 3.05) is 11.9 Å². The summed E-state index contributed by atoms with van der Waals surface area (Å²) in [6.45, 7) is 4.15. The molecule has 0 bridgehead atoms. The molecule has 1 saturated carbocycles. The molecule has 1 spiro atoms. The van der Waals surface area contributed by atoms with Gasteiger partial charge in [0.25, 0.3) is 6.02 Å². The van der Waals surface area contributed by atoms with E-state index in [0.29, 0.717) is 12.6 Å². The zero-order chi connectivity index (χ0) is 13.3. The summed E-state index contributed by atoms with van der Waals surface area (Å²) >= 11 is 0. The number of benzene rings is 1. The van der Waals surface area contributed by atoms with Gasteiger partial charge in [0.1, 0.15) is 0 Å². The van der Waals surface area contributed by atoms with Gasteiger partial charge in [0.2, 0.25) is 0 Å². The molecule has 1 aromatic rings. The average molecular weight is 258 g/mol. The molecule has 2 unspecified atom stereocenters. The molecule has 2 N–H and O–H groups in total. The van der Waals surface area contributed by atoms with Gasteiger partial charge >= 0.3 is 0 Å². The predicted molar refractivity (Wildman–Crippen MR) is 75.2 cm³/mol. The summed E-state index contributed by atoms with van der Waals surface area (Å²) in [6, 6.07) is 8.43. The fraction of sp³-hybridized carbons (Fsp3) is 0.400. The fourth-order valence-electron chi connectivity index (χ4n) is 2.94. The summed E-state index contributed by atoms with van der Waals surface area (Å²) in [5.74, 6) is 0. The molecule has 2 aliphatic rings. The Morgan fingerprint density at radius 2 is 2.37 bits per heavy atom. The fourth-order valence-corrected chi connectivity index (χ4v) is 2.94. The molecule has 0 aromatic heterocycles. The van der Waals surface area contributed by atoms with E-state index >= 15 is 0 Å². The molecule has 0 radical (unpaired) electrons. The second-order valence-electron chi connectivity index (χ2n) is 5.00. The molecule has 3 rings (SSSR count). The van der Waals surface area contributed by atoms with Crippen LogP contribution < -0.4 is 5.32 Å². The summed E-state index contributed by atoms with van der Waals surface area (Å²) in [4.78, 5) is 4.31. The first-order valence-corrected chi connectivity index (χ1v) is 6.65. The van der Waals surface area contributed by atoms with Crippen LogP contribution in [0.3, 0.4) is 0 Å². The first-order chi connectivity index (χ1) is 9.26. The number of ether oxygens (including phenoxy) is 1. The smallest absolute Gasteiger partial charge is 0.290 e. The number of hydrogen-bond donors (Lipinski definition) is 2. The zero-order valence-corrected chi connectivity index (χ0v) is 10.8. The molecule has 1 aromatic carbocycles. The number of nitrogens with zero attached hydrogens (tertiary/aromatic N) is 1. The maximum atomic E-state index is 10.4. The Morgan fingerprint density at radius 1 is 1.53 bits per heavy atom. The van der Waals surface area contributed by atoms with Gasteiger partial charge in [-0.05, 0) is 25.3 Å². The molecule has 4 nitrogen and oxygen atoms in total. The van der Waals surface area contributed by atoms with Crippen LogP contribution in [0.25, 0.3) is 0 Å². The van der Waals surface area contributed by atoms with Gasteiger partial charge in [0, 0.05) is 11.3 Å². The number of rotatable bonds is 2. The molecule has 1 aliphatic heterocycles. The molecule has 0 saturated heterocycles. The van der Waals surface area contributed by atoms with Crippen LogP contribution in [0.5, 0.6) is 0 Å². The molecular weight excluding hydrogens is 240 g/mol. The minimum atomic E-state index is -0.637. The zero-order valence-electron chi connectivity index (χ0n) is 10.8. The van der Waals surface area contributed by atoms with Gasteiger partial charge in [0.15, 0.2) is 5.60 Å². The van der Waals surface area contributed by atoms with E-state index in [4.69, 9.17) is 4.74 Å². The van der Waals surface area contributed by atoms with Gasteiger partial charge in [-0.1, -0.05) is 24.3 Å². The second-order valence-corrected chi connectivity index (χ2v) is 5.00. The average Bonchev–Trinajstić information content (AvgIpc) is 2.78. The lowest BCUT2D eigenvalue weighted by Gasteiger charge is -2.39. The van der Waals surface area contributed by atoms with Gasteiger partial charge in [-0.2, -0.15) is 0 Å². The van der Waals surface area contributed by atoms with E-state index in [9.17, 15) is 5.11 Å². The molecule has 2 atom stereocenters. The van der Waals surface area contributed by atoms with Crippen molar-refractivity contribution in [2.45, 2.75) is 31.0 Å². The van der Waals surface area contributed by atoms with Crippen molar-refractivity contribution in [3.05, 3.63) is 42.5 Å². The van der Waals surface area contributed by atoms with Crippen molar-refractivity contribution in [1.82, 2.24) is 0 Å². The summed E-state index contributed by atoms with van der Waals surface area (Å²) in [7, 11) is 0. The van der Waals surface area contributed by atoms with Crippen molar-refractivity contribution in [2.24, 2.45) is 4.99 Å². The van der Waals surface area contributed by atoms with E-state index in [2.05, 4.69) is 16.9 Å². The van der Waals surface area contributed by atoms with E-state index < -0.39 is 11.7 Å². The van der Waals surface area contributed by atoms with Crippen LogP contribution in [0, 0.1) is 0 Å². The summed E-state index contributed by atoms with van der Waals surface area (Å²) in [6.07, 6.45) is 3.79. The standard InChI is InChI=1S/C15H18N2O2/c1-2-10-16-14-17-12-7-4-3-6-11(12)15(19-14)9-5-8-13(15)18/h2-4,6-7,13,18H,1,5,8-10H2,(H,16,17). The Kier molecular flexibility index (Phi) is 3.03. The molecule has 100 valence electrons. The van der Waals surface area contributed by atoms with Crippen molar-refractivity contribution in [3.63, 3.8) is 0 Å². The molecule has 1 heterocycles. The Bertz CT molecular complexity index is 527. The van der Waals surface area contributed by atoms with Crippen molar-refractivity contribution in [1.29, 1.82) is 0 Å². The SMILES string of the molecule is C=CCN=C1Nc2ccccc2C2(CCCC2O)O1. The minimum Gasteiger partial charge on any atom is -0.451 e. The predicted octanol–water partition coefficient (Wildman–Crippen LogP) is 2.41. The highest BCUT2D eigenvalue weighted by atomic mass is 16.5. The number of hydrogen-bond acceptors (Lipinski definition) is 3. The van der Waals surface area contributed by atoms with E-state index in [0.717, 1.165) is 30.5 Å². The van der Waals surface area contributed by atoms with Crippen LogP contribution >= 0.6 is 0 Å². The Balaban J connectivity index is 2.06. The maximum Gasteiger partial charge on any atom is 0.290 e. The van der Waals surface area contributed by atoms with Crippen LogP contribution in [0.15, 0.2) is 41.9 Å². The topological polar surface area (TPSA) is 53.9 Å². The Hall–Kier alpha value is -1.81. The number of para-hydroxylation sites is 1. The van der Waals surface area contributed by atoms with Gasteiger partial charge in [0.05, 0.1) is 12.6 Å². The second kappa shape index (κ2) is 4.70. The first kappa shape index (κ1) is 12.2. The van der Waals surface area contributed by atoms with Crippen molar-refractivity contribution >= 4 is 11.7 Å². The van der Waals surface area contributed by atoms with Crippen molar-refractivity contribution < 1.29 is 9.84 Å². The van der Waals surface area contributed by atoms with Crippen LogP contribution in [-0.4, -0.2) is 23.8 Å². The van der Waals surface area contributed by atoms with Gasteiger partial charge in [-0.15, -0.1) is 6.58 Å². The third-order valence-corrected chi connectivity index (χ3v) is 3.83. The lowest BCUT2D eigenvalue weighted by Crippen LogP contribution is -2.45. The Labute approximate surface area is 112 Å². The molecular formula is C15H18N2O2. The minimum absolute atomic E-state index is 0.472. The number of aliphatic imine (C=N–C) groups is 1. The third kappa shape index (κ3) is 1.92. The highest BCUT2D eigenvalue weighted by Crippen LogP contribution is 2.47. The van der Waals surface area contributed by atoms with Crippen LogP contribution in [0.2, 0.25) is 0 Å². The number of aliphatic hydroxyl groups excluding tert-OH is 1. The highest BCUT2D eigenvalue weighted by molar-refractivity contribution is 5.92. The monoisotopic (exact) mass is 258 g/mol. The lowest BCUT2D eigenvalue weighted by molar-refractivity contribution is -0.0488. The van der Waals surface area contributed by atoms with Crippen LogP contribution in [0.4, 0.5) is 5.69 Å². The molecule has 1 aliphatic carbocycles. The van der Waals surface area contributed by atoms with Crippen LogP contribution in [-0.2, 0) is 10.3 Å².